The lowest BCUT2D eigenvalue weighted by Gasteiger charge is -2.28. The normalized spacial score (nSPS) is 18.0. The first-order valence-corrected chi connectivity index (χ1v) is 6.99. The maximum absolute atomic E-state index is 14.1. The van der Waals surface area contributed by atoms with Crippen LogP contribution in [0.1, 0.15) is 22.7 Å². The topological polar surface area (TPSA) is 41.6 Å². The third-order valence-electron chi connectivity index (χ3n) is 3.89. The summed E-state index contributed by atoms with van der Waals surface area (Å²) in [6.45, 7) is 4.66. The minimum atomic E-state index is -0.284. The molecule has 0 aliphatic carbocycles. The Bertz CT molecular complexity index is 709. The molecule has 0 radical (unpaired) electrons. The maximum atomic E-state index is 14.1. The molecule has 4 heteroatoms. The van der Waals surface area contributed by atoms with Crippen LogP contribution in [0.5, 0.6) is 0 Å². The molecule has 108 valence electrons. The van der Waals surface area contributed by atoms with Crippen LogP contribution in [0.25, 0.3) is 0 Å². The minimum absolute atomic E-state index is 0.0539. The molecule has 0 bridgehead atoms. The first kappa shape index (κ1) is 13.6. The molecule has 0 spiro atoms. The molecule has 2 N–H and O–H groups in total. The molecule has 3 nitrogen and oxygen atoms in total. The summed E-state index contributed by atoms with van der Waals surface area (Å²) < 4.78 is 14.1. The van der Waals surface area contributed by atoms with Gasteiger partial charge in [0.15, 0.2) is 5.96 Å². The Kier molecular flexibility index (Phi) is 3.37. The number of para-hydroxylation sites is 1. The van der Waals surface area contributed by atoms with Crippen molar-refractivity contribution in [2.45, 2.75) is 19.9 Å². The molecule has 1 aliphatic heterocycles. The zero-order chi connectivity index (χ0) is 15.0. The van der Waals surface area contributed by atoms with Gasteiger partial charge in [-0.3, -0.25) is 4.99 Å². The quantitative estimate of drug-likeness (QED) is 0.918. The lowest BCUT2D eigenvalue weighted by molar-refractivity contribution is 0.619. The van der Waals surface area contributed by atoms with Gasteiger partial charge in [0.25, 0.3) is 0 Å². The van der Waals surface area contributed by atoms with Crippen LogP contribution in [0, 0.1) is 19.7 Å². The van der Waals surface area contributed by atoms with Crippen LogP contribution in [-0.4, -0.2) is 12.5 Å². The number of anilines is 1. The molecule has 1 unspecified atom stereocenters. The second-order valence-electron chi connectivity index (χ2n) is 5.40. The Balaban J connectivity index is 2.07. The minimum Gasteiger partial charge on any atom is -0.369 e. The van der Waals surface area contributed by atoms with E-state index in [1.807, 2.05) is 6.07 Å². The van der Waals surface area contributed by atoms with Crippen molar-refractivity contribution in [3.63, 3.8) is 0 Å². The monoisotopic (exact) mass is 283 g/mol. The van der Waals surface area contributed by atoms with Crippen molar-refractivity contribution in [3.8, 4) is 0 Å². The third kappa shape index (κ3) is 2.37. The SMILES string of the molecule is Cc1ccc(C)c(C2CN=C(N)N2c2ccccc2F)c1. The zero-order valence-corrected chi connectivity index (χ0v) is 12.2. The Morgan fingerprint density at radius 3 is 2.71 bits per heavy atom. The summed E-state index contributed by atoms with van der Waals surface area (Å²) in [6, 6.07) is 12.9. The van der Waals surface area contributed by atoms with Crippen molar-refractivity contribution in [2.24, 2.45) is 10.7 Å². The third-order valence-corrected chi connectivity index (χ3v) is 3.89. The van der Waals surface area contributed by atoms with E-state index < -0.39 is 0 Å². The number of nitrogens with zero attached hydrogens (tertiary/aromatic N) is 2. The second-order valence-corrected chi connectivity index (χ2v) is 5.40. The number of guanidine groups is 1. The van der Waals surface area contributed by atoms with Crippen LogP contribution < -0.4 is 10.6 Å². The fourth-order valence-electron chi connectivity index (χ4n) is 2.79. The van der Waals surface area contributed by atoms with Crippen LogP contribution in [0.15, 0.2) is 47.5 Å². The Hall–Kier alpha value is -2.36. The first-order chi connectivity index (χ1) is 10.1. The molecule has 0 aromatic heterocycles. The van der Waals surface area contributed by atoms with Crippen LogP contribution in [0.3, 0.4) is 0 Å². The molecule has 1 heterocycles. The number of aryl methyl sites for hydroxylation is 2. The van der Waals surface area contributed by atoms with Crippen LogP contribution >= 0.6 is 0 Å². The molecular weight excluding hydrogens is 265 g/mol. The van der Waals surface area contributed by atoms with Crippen LogP contribution in [-0.2, 0) is 0 Å². The average molecular weight is 283 g/mol. The van der Waals surface area contributed by atoms with Crippen molar-refractivity contribution in [1.29, 1.82) is 0 Å². The highest BCUT2D eigenvalue weighted by molar-refractivity contribution is 5.97. The van der Waals surface area contributed by atoms with Crippen molar-refractivity contribution >= 4 is 11.6 Å². The molecule has 1 atom stereocenters. The van der Waals surface area contributed by atoms with Crippen molar-refractivity contribution in [2.75, 3.05) is 11.4 Å². The van der Waals surface area contributed by atoms with Crippen LogP contribution in [0.4, 0.5) is 10.1 Å². The van der Waals surface area contributed by atoms with Gasteiger partial charge in [-0.2, -0.15) is 0 Å². The summed E-state index contributed by atoms with van der Waals surface area (Å²) in [5.74, 6) is 0.0823. The number of rotatable bonds is 2. The van der Waals surface area contributed by atoms with E-state index in [1.165, 1.54) is 11.6 Å². The van der Waals surface area contributed by atoms with Gasteiger partial charge >= 0.3 is 0 Å². The highest BCUT2D eigenvalue weighted by atomic mass is 19.1. The fraction of sp³-hybridized carbons (Fsp3) is 0.235. The van der Waals surface area contributed by atoms with E-state index in [0.717, 1.165) is 11.1 Å². The average Bonchev–Trinajstić information content (AvgIpc) is 2.84. The van der Waals surface area contributed by atoms with E-state index in [1.54, 1.807) is 17.0 Å². The lowest BCUT2D eigenvalue weighted by Crippen LogP contribution is -2.37. The Morgan fingerprint density at radius 1 is 1.19 bits per heavy atom. The van der Waals surface area contributed by atoms with E-state index in [2.05, 4.69) is 37.0 Å². The highest BCUT2D eigenvalue weighted by Gasteiger charge is 2.31. The van der Waals surface area contributed by atoms with Crippen molar-refractivity contribution in [1.82, 2.24) is 0 Å². The summed E-state index contributed by atoms with van der Waals surface area (Å²) >= 11 is 0. The van der Waals surface area contributed by atoms with Crippen LogP contribution in [0.2, 0.25) is 0 Å². The Morgan fingerprint density at radius 2 is 1.95 bits per heavy atom. The van der Waals surface area contributed by atoms with Crippen molar-refractivity contribution < 1.29 is 4.39 Å². The molecule has 21 heavy (non-hydrogen) atoms. The lowest BCUT2D eigenvalue weighted by atomic mass is 9.98. The van der Waals surface area contributed by atoms with Gasteiger partial charge in [0, 0.05) is 0 Å². The molecule has 2 aromatic carbocycles. The molecule has 0 saturated heterocycles. The van der Waals surface area contributed by atoms with Gasteiger partial charge in [-0.25, -0.2) is 4.39 Å². The van der Waals surface area contributed by atoms with Crippen molar-refractivity contribution in [3.05, 3.63) is 65.0 Å². The summed E-state index contributed by atoms with van der Waals surface area (Å²) in [5.41, 5.74) is 9.96. The summed E-state index contributed by atoms with van der Waals surface area (Å²) in [7, 11) is 0. The van der Waals surface area contributed by atoms with E-state index in [0.29, 0.717) is 18.2 Å². The van der Waals surface area contributed by atoms with E-state index >= 15 is 0 Å². The number of benzene rings is 2. The maximum Gasteiger partial charge on any atom is 0.196 e. The Labute approximate surface area is 123 Å². The molecule has 3 rings (SSSR count). The van der Waals surface area contributed by atoms with Gasteiger partial charge in [-0.1, -0.05) is 35.9 Å². The molecule has 2 aromatic rings. The van der Waals surface area contributed by atoms with Gasteiger partial charge in [-0.05, 0) is 37.1 Å². The molecule has 0 saturated carbocycles. The summed E-state index contributed by atoms with van der Waals surface area (Å²) in [6.07, 6.45) is 0. The van der Waals surface area contributed by atoms with E-state index in [9.17, 15) is 4.39 Å². The second kappa shape index (κ2) is 5.20. The largest absolute Gasteiger partial charge is 0.369 e. The number of aliphatic imine (C=N–C) groups is 1. The molecule has 1 aliphatic rings. The number of halogens is 1. The van der Waals surface area contributed by atoms with E-state index in [-0.39, 0.29) is 11.9 Å². The number of hydrogen-bond donors (Lipinski definition) is 1. The van der Waals surface area contributed by atoms with Gasteiger partial charge in [0.2, 0.25) is 0 Å². The standard InChI is InChI=1S/C17H18FN3/c1-11-7-8-12(2)13(9-11)16-10-20-17(19)21(16)15-6-4-3-5-14(15)18/h3-9,16H,10H2,1-2H3,(H2,19,20). The summed E-state index contributed by atoms with van der Waals surface area (Å²) in [5, 5.41) is 0. The van der Waals surface area contributed by atoms with Gasteiger partial charge in [0.1, 0.15) is 5.82 Å². The summed E-state index contributed by atoms with van der Waals surface area (Å²) in [4.78, 5) is 6.11. The molecule has 0 fully saturated rings. The van der Waals surface area contributed by atoms with Gasteiger partial charge in [-0.15, -0.1) is 0 Å². The fourth-order valence-corrected chi connectivity index (χ4v) is 2.79. The van der Waals surface area contributed by atoms with Gasteiger partial charge in [0.05, 0.1) is 18.3 Å². The predicted octanol–water partition coefficient (Wildman–Crippen LogP) is 3.32. The smallest absolute Gasteiger partial charge is 0.196 e. The number of nitrogens with two attached hydrogens (primary N) is 1. The number of hydrogen-bond acceptors (Lipinski definition) is 3. The molecular formula is C17H18FN3. The predicted molar refractivity (Wildman–Crippen MR) is 84.0 cm³/mol. The highest BCUT2D eigenvalue weighted by Crippen LogP contribution is 2.34. The molecule has 0 amide bonds. The van der Waals surface area contributed by atoms with E-state index in [4.69, 9.17) is 5.73 Å². The first-order valence-electron chi connectivity index (χ1n) is 6.99. The van der Waals surface area contributed by atoms with Gasteiger partial charge < -0.3 is 10.6 Å². The zero-order valence-electron chi connectivity index (χ0n) is 12.2.